The molecular weight excluding hydrogens is 542 g/mol. The Kier molecular flexibility index (Phi) is 10.8. The summed E-state index contributed by atoms with van der Waals surface area (Å²) in [6, 6.07) is 19.1. The third-order valence-electron chi connectivity index (χ3n) is 6.93. The lowest BCUT2D eigenvalue weighted by Gasteiger charge is -2.32. The fourth-order valence-corrected chi connectivity index (χ4v) is 5.50. The van der Waals surface area contributed by atoms with Crippen LogP contribution in [-0.4, -0.2) is 58.0 Å². The molecule has 1 N–H and O–H groups in total. The highest BCUT2D eigenvalue weighted by atomic mass is 32.2. The minimum atomic E-state index is -4.16. The first-order valence-corrected chi connectivity index (χ1v) is 14.9. The molecule has 0 aromatic heterocycles. The Balaban J connectivity index is 2.01. The number of rotatable bonds is 13. The largest absolute Gasteiger partial charge is 0.497 e. The van der Waals surface area contributed by atoms with Gasteiger partial charge in [0.15, 0.2) is 0 Å². The summed E-state index contributed by atoms with van der Waals surface area (Å²) in [5.74, 6) is 0.324. The molecule has 0 saturated heterocycles. The summed E-state index contributed by atoms with van der Waals surface area (Å²) in [7, 11) is -1.10. The molecule has 0 aliphatic heterocycles. The highest BCUT2D eigenvalue weighted by molar-refractivity contribution is 7.92. The van der Waals surface area contributed by atoms with Crippen molar-refractivity contribution < 1.29 is 27.5 Å². The lowest BCUT2D eigenvalue weighted by atomic mass is 10.1. The Morgan fingerprint density at radius 2 is 1.39 bits per heavy atom. The van der Waals surface area contributed by atoms with E-state index in [-0.39, 0.29) is 23.4 Å². The Hall–Kier alpha value is -4.05. The predicted molar refractivity (Wildman–Crippen MR) is 160 cm³/mol. The minimum absolute atomic E-state index is 0.0101. The number of nitrogens with zero attached hydrogens (tertiary/aromatic N) is 2. The van der Waals surface area contributed by atoms with Gasteiger partial charge in [-0.1, -0.05) is 36.8 Å². The summed E-state index contributed by atoms with van der Waals surface area (Å²) in [5, 5.41) is 2.93. The predicted octanol–water partition coefficient (Wildman–Crippen LogP) is 4.54. The van der Waals surface area contributed by atoms with Gasteiger partial charge < -0.3 is 19.7 Å². The van der Waals surface area contributed by atoms with Crippen LogP contribution in [0.4, 0.5) is 5.69 Å². The lowest BCUT2D eigenvalue weighted by molar-refractivity contribution is -0.139. The van der Waals surface area contributed by atoms with Crippen molar-refractivity contribution in [3.05, 3.63) is 83.9 Å². The van der Waals surface area contributed by atoms with Gasteiger partial charge in [-0.05, 0) is 81.3 Å². The van der Waals surface area contributed by atoms with Crippen LogP contribution in [0.5, 0.6) is 11.5 Å². The first-order chi connectivity index (χ1) is 19.5. The Labute approximate surface area is 243 Å². The molecule has 9 nitrogen and oxygen atoms in total. The van der Waals surface area contributed by atoms with Gasteiger partial charge >= 0.3 is 0 Å². The zero-order valence-corrected chi connectivity index (χ0v) is 25.3. The van der Waals surface area contributed by atoms with E-state index >= 15 is 0 Å². The maximum Gasteiger partial charge on any atom is 0.264 e. The highest BCUT2D eigenvalue weighted by Crippen LogP contribution is 2.26. The normalized spacial score (nSPS) is 12.6. The van der Waals surface area contributed by atoms with E-state index < -0.39 is 28.5 Å². The molecule has 2 atom stereocenters. The van der Waals surface area contributed by atoms with Crippen LogP contribution in [0.2, 0.25) is 0 Å². The number of amides is 2. The van der Waals surface area contributed by atoms with E-state index in [4.69, 9.17) is 9.47 Å². The molecule has 3 aromatic carbocycles. The highest BCUT2D eigenvalue weighted by Gasteiger charge is 2.32. The second-order valence-corrected chi connectivity index (χ2v) is 11.7. The topological polar surface area (TPSA) is 105 Å². The van der Waals surface area contributed by atoms with Crippen molar-refractivity contribution in [3.8, 4) is 11.5 Å². The number of methoxy groups -OCH3 is 2. The maximum atomic E-state index is 14.0. The quantitative estimate of drug-likeness (QED) is 0.318. The second kappa shape index (κ2) is 14.0. The van der Waals surface area contributed by atoms with Gasteiger partial charge in [0, 0.05) is 12.6 Å². The number of hydrogen-bond acceptors (Lipinski definition) is 6. The number of ether oxygens (including phenoxy) is 2. The first kappa shape index (κ1) is 31.5. The van der Waals surface area contributed by atoms with E-state index in [1.165, 1.54) is 24.1 Å². The second-order valence-electron chi connectivity index (χ2n) is 9.89. The number of anilines is 1. The van der Waals surface area contributed by atoms with Gasteiger partial charge in [-0.2, -0.15) is 0 Å². The zero-order valence-electron chi connectivity index (χ0n) is 24.5. The van der Waals surface area contributed by atoms with E-state index in [2.05, 4.69) is 5.32 Å². The Bertz CT molecular complexity index is 1410. The van der Waals surface area contributed by atoms with Gasteiger partial charge in [0.1, 0.15) is 24.1 Å². The maximum absolute atomic E-state index is 14.0. The standard InChI is InChI=1S/C31H39N3O6S/c1-7-23(3)32-31(36)24(4)33(20-25-10-14-27(39-5)15-11-25)30(35)21-34(26-12-8-22(2)9-13-26)41(37,38)29-18-16-28(40-6)17-19-29/h8-19,23-24H,7,20-21H2,1-6H3,(H,32,36)/t23-,24+/m0/s1. The van der Waals surface area contributed by atoms with Crippen molar-refractivity contribution in [2.45, 2.75) is 57.6 Å². The van der Waals surface area contributed by atoms with Crippen LogP contribution in [0, 0.1) is 6.92 Å². The number of nitrogens with one attached hydrogen (secondary N) is 1. The molecule has 0 aliphatic rings. The summed E-state index contributed by atoms with van der Waals surface area (Å²) >= 11 is 0. The average Bonchev–Trinajstić information content (AvgIpc) is 2.98. The molecule has 3 rings (SSSR count). The monoisotopic (exact) mass is 581 g/mol. The smallest absolute Gasteiger partial charge is 0.264 e. The first-order valence-electron chi connectivity index (χ1n) is 13.5. The van der Waals surface area contributed by atoms with E-state index in [0.29, 0.717) is 17.2 Å². The van der Waals surface area contributed by atoms with Gasteiger partial charge in [-0.3, -0.25) is 13.9 Å². The molecule has 0 fully saturated rings. The van der Waals surface area contributed by atoms with Gasteiger partial charge in [-0.25, -0.2) is 8.42 Å². The molecule has 0 radical (unpaired) electrons. The summed E-state index contributed by atoms with van der Waals surface area (Å²) < 4.78 is 39.3. The van der Waals surface area contributed by atoms with Crippen LogP contribution in [0.1, 0.15) is 38.3 Å². The van der Waals surface area contributed by atoms with Gasteiger partial charge in [0.2, 0.25) is 11.8 Å². The third-order valence-corrected chi connectivity index (χ3v) is 8.72. The summed E-state index contributed by atoms with van der Waals surface area (Å²) in [6.07, 6.45) is 0.728. The van der Waals surface area contributed by atoms with Crippen LogP contribution in [-0.2, 0) is 26.2 Å². The molecule has 0 bridgehead atoms. The Morgan fingerprint density at radius 1 is 0.854 bits per heavy atom. The Morgan fingerprint density at radius 3 is 1.90 bits per heavy atom. The van der Waals surface area contributed by atoms with Gasteiger partial charge in [-0.15, -0.1) is 0 Å². The fraction of sp³-hybridized carbons (Fsp3) is 0.355. The number of benzene rings is 3. The minimum Gasteiger partial charge on any atom is -0.497 e. The molecule has 0 spiro atoms. The number of carbonyl (C=O) groups is 2. The molecule has 2 amide bonds. The number of carbonyl (C=O) groups excluding carboxylic acids is 2. The number of sulfonamides is 1. The van der Waals surface area contributed by atoms with Crippen LogP contribution in [0.3, 0.4) is 0 Å². The third kappa shape index (κ3) is 8.00. The summed E-state index contributed by atoms with van der Waals surface area (Å²) in [5.41, 5.74) is 2.04. The van der Waals surface area contributed by atoms with Crippen molar-refractivity contribution in [2.75, 3.05) is 25.1 Å². The van der Waals surface area contributed by atoms with Crippen molar-refractivity contribution in [1.82, 2.24) is 10.2 Å². The molecular formula is C31H39N3O6S. The molecule has 0 unspecified atom stereocenters. The van der Waals surface area contributed by atoms with Crippen LogP contribution in [0.25, 0.3) is 0 Å². The van der Waals surface area contributed by atoms with Crippen molar-refractivity contribution in [3.63, 3.8) is 0 Å². The molecule has 0 heterocycles. The van der Waals surface area contributed by atoms with Crippen molar-refractivity contribution in [2.24, 2.45) is 0 Å². The fourth-order valence-electron chi connectivity index (χ4n) is 4.09. The van der Waals surface area contributed by atoms with E-state index in [0.717, 1.165) is 21.9 Å². The van der Waals surface area contributed by atoms with E-state index in [1.807, 2.05) is 32.9 Å². The number of aryl methyl sites for hydroxylation is 1. The molecule has 220 valence electrons. The molecule has 3 aromatic rings. The van der Waals surface area contributed by atoms with Gasteiger partial charge in [0.05, 0.1) is 24.8 Å². The lowest BCUT2D eigenvalue weighted by Crippen LogP contribution is -2.52. The molecule has 0 saturated carbocycles. The number of hydrogen-bond donors (Lipinski definition) is 1. The van der Waals surface area contributed by atoms with Crippen molar-refractivity contribution >= 4 is 27.5 Å². The molecule has 10 heteroatoms. The van der Waals surface area contributed by atoms with Crippen LogP contribution < -0.4 is 19.1 Å². The zero-order chi connectivity index (χ0) is 30.2. The molecule has 0 aliphatic carbocycles. The van der Waals surface area contributed by atoms with E-state index in [1.54, 1.807) is 62.6 Å². The summed E-state index contributed by atoms with van der Waals surface area (Å²) in [4.78, 5) is 28.6. The SMILES string of the molecule is CC[C@H](C)NC(=O)[C@@H](C)N(Cc1ccc(OC)cc1)C(=O)CN(c1ccc(C)cc1)S(=O)(=O)c1ccc(OC)cc1. The van der Waals surface area contributed by atoms with Crippen molar-refractivity contribution in [1.29, 1.82) is 0 Å². The molecule has 41 heavy (non-hydrogen) atoms. The summed E-state index contributed by atoms with van der Waals surface area (Å²) in [6.45, 7) is 6.98. The average molecular weight is 582 g/mol. The van der Waals surface area contributed by atoms with Gasteiger partial charge in [0.25, 0.3) is 10.0 Å². The van der Waals surface area contributed by atoms with Crippen LogP contribution >= 0.6 is 0 Å². The van der Waals surface area contributed by atoms with E-state index in [9.17, 15) is 18.0 Å². The van der Waals surface area contributed by atoms with Crippen LogP contribution in [0.15, 0.2) is 77.7 Å².